The van der Waals surface area contributed by atoms with Gasteiger partial charge in [-0.15, -0.1) is 0 Å². The van der Waals surface area contributed by atoms with Gasteiger partial charge in [0.15, 0.2) is 0 Å². The molecule has 3 aromatic rings. The molecule has 1 aromatic heterocycles. The normalized spacial score (nSPS) is 16.5. The second kappa shape index (κ2) is 8.05. The van der Waals surface area contributed by atoms with Crippen LogP contribution in [-0.4, -0.2) is 42.3 Å². The fraction of sp³-hybridized carbons (Fsp3) is 0.391. The second-order valence-electron chi connectivity index (χ2n) is 7.58. The van der Waals surface area contributed by atoms with Crippen LogP contribution in [-0.2, 0) is 12.8 Å². The highest BCUT2D eigenvalue weighted by Gasteiger charge is 2.23. The van der Waals surface area contributed by atoms with Gasteiger partial charge in [0, 0.05) is 23.9 Å². The summed E-state index contributed by atoms with van der Waals surface area (Å²) in [5.41, 5.74) is 4.25. The minimum Gasteiger partial charge on any atom is -0.496 e. The molecule has 0 spiro atoms. The van der Waals surface area contributed by atoms with Gasteiger partial charge in [0.25, 0.3) is 0 Å². The smallest absolute Gasteiger partial charge is 0.122 e. The van der Waals surface area contributed by atoms with Crippen molar-refractivity contribution in [2.75, 3.05) is 27.2 Å². The van der Waals surface area contributed by atoms with E-state index in [2.05, 4.69) is 58.5 Å². The van der Waals surface area contributed by atoms with Crippen LogP contribution < -0.4 is 4.74 Å². The van der Waals surface area contributed by atoms with E-state index >= 15 is 0 Å². The molecule has 0 aliphatic heterocycles. The van der Waals surface area contributed by atoms with Crippen molar-refractivity contribution in [3.05, 3.63) is 65.5 Å². The molecule has 1 unspecified atom stereocenters. The molecule has 0 amide bonds. The minimum atomic E-state index is 0.598. The average Bonchev–Trinajstić information content (AvgIpc) is 2.72. The minimum absolute atomic E-state index is 0.598. The Balaban J connectivity index is 1.40. The summed E-state index contributed by atoms with van der Waals surface area (Å²) >= 11 is 0. The number of ether oxygens (including phenoxy) is 1. The Kier molecular flexibility index (Phi) is 5.35. The lowest BCUT2D eigenvalue weighted by molar-refractivity contribution is 0.299. The monoisotopic (exact) mass is 361 g/mol. The Morgan fingerprint density at radius 3 is 2.81 bits per heavy atom. The zero-order chi connectivity index (χ0) is 18.6. The van der Waals surface area contributed by atoms with E-state index < -0.39 is 0 Å². The first-order valence-electron chi connectivity index (χ1n) is 9.78. The Morgan fingerprint density at radius 2 is 1.96 bits per heavy atom. The summed E-state index contributed by atoms with van der Waals surface area (Å²) in [6.45, 7) is 2.15. The third-order valence-corrected chi connectivity index (χ3v) is 5.73. The molecule has 1 aliphatic carbocycles. The van der Waals surface area contributed by atoms with Gasteiger partial charge in [0.05, 0.1) is 19.5 Å². The number of hydrogen-bond donors (Lipinski definition) is 0. The molecule has 27 heavy (non-hydrogen) atoms. The quantitative estimate of drug-likeness (QED) is 0.658. The van der Waals surface area contributed by atoms with Crippen LogP contribution in [0.2, 0.25) is 0 Å². The predicted molar refractivity (Wildman–Crippen MR) is 109 cm³/mol. The van der Waals surface area contributed by atoms with Crippen molar-refractivity contribution in [1.82, 2.24) is 15.1 Å². The maximum absolute atomic E-state index is 5.58. The summed E-state index contributed by atoms with van der Waals surface area (Å²) in [5, 5.41) is 10.2. The van der Waals surface area contributed by atoms with Crippen molar-refractivity contribution in [3.63, 3.8) is 0 Å². The SMILES string of the molecule is COc1cccc2c1CCCC2CN(C)CCc1ccc2cnncc2c1. The first-order chi connectivity index (χ1) is 13.2. The van der Waals surface area contributed by atoms with Crippen LogP contribution in [0.4, 0.5) is 0 Å². The van der Waals surface area contributed by atoms with Crippen LogP contribution in [0.5, 0.6) is 5.75 Å². The van der Waals surface area contributed by atoms with E-state index in [1.54, 1.807) is 7.11 Å². The highest BCUT2D eigenvalue weighted by molar-refractivity contribution is 5.81. The lowest BCUT2D eigenvalue weighted by atomic mass is 9.82. The highest BCUT2D eigenvalue weighted by Crippen LogP contribution is 2.36. The van der Waals surface area contributed by atoms with Crippen molar-refractivity contribution in [3.8, 4) is 5.75 Å². The molecule has 4 heteroatoms. The Hall–Kier alpha value is -2.46. The van der Waals surface area contributed by atoms with Crippen LogP contribution in [0.25, 0.3) is 10.8 Å². The lowest BCUT2D eigenvalue weighted by Crippen LogP contribution is -2.28. The van der Waals surface area contributed by atoms with Gasteiger partial charge in [-0.3, -0.25) is 0 Å². The van der Waals surface area contributed by atoms with Crippen molar-refractivity contribution in [1.29, 1.82) is 0 Å². The van der Waals surface area contributed by atoms with Gasteiger partial charge in [-0.25, -0.2) is 0 Å². The van der Waals surface area contributed by atoms with E-state index in [9.17, 15) is 0 Å². The molecule has 0 radical (unpaired) electrons. The van der Waals surface area contributed by atoms with Crippen molar-refractivity contribution >= 4 is 10.8 Å². The number of hydrogen-bond acceptors (Lipinski definition) is 4. The van der Waals surface area contributed by atoms with E-state index in [1.165, 1.54) is 34.9 Å². The van der Waals surface area contributed by atoms with Gasteiger partial charge in [0.1, 0.15) is 5.75 Å². The number of fused-ring (bicyclic) bond motifs is 2. The third-order valence-electron chi connectivity index (χ3n) is 5.73. The number of rotatable bonds is 6. The van der Waals surface area contributed by atoms with Gasteiger partial charge in [-0.05, 0) is 67.5 Å². The lowest BCUT2D eigenvalue weighted by Gasteiger charge is -2.30. The average molecular weight is 361 g/mol. The van der Waals surface area contributed by atoms with Crippen molar-refractivity contribution in [2.45, 2.75) is 31.6 Å². The Bertz CT molecular complexity index is 924. The zero-order valence-electron chi connectivity index (χ0n) is 16.2. The molecule has 0 saturated carbocycles. The van der Waals surface area contributed by atoms with Crippen molar-refractivity contribution in [2.24, 2.45) is 0 Å². The van der Waals surface area contributed by atoms with E-state index in [0.29, 0.717) is 5.92 Å². The highest BCUT2D eigenvalue weighted by atomic mass is 16.5. The Morgan fingerprint density at radius 1 is 1.11 bits per heavy atom. The van der Waals surface area contributed by atoms with Crippen LogP contribution in [0.15, 0.2) is 48.8 Å². The van der Waals surface area contributed by atoms with E-state index in [1.807, 2.05) is 12.4 Å². The van der Waals surface area contributed by atoms with Gasteiger partial charge < -0.3 is 9.64 Å². The van der Waals surface area contributed by atoms with Crippen LogP contribution >= 0.6 is 0 Å². The summed E-state index contributed by atoms with van der Waals surface area (Å²) in [7, 11) is 4.02. The van der Waals surface area contributed by atoms with Gasteiger partial charge in [0.2, 0.25) is 0 Å². The maximum Gasteiger partial charge on any atom is 0.122 e. The second-order valence-corrected chi connectivity index (χ2v) is 7.58. The number of methoxy groups -OCH3 is 1. The fourth-order valence-corrected chi connectivity index (χ4v) is 4.28. The molecule has 0 bridgehead atoms. The van der Waals surface area contributed by atoms with Crippen molar-refractivity contribution < 1.29 is 4.74 Å². The van der Waals surface area contributed by atoms with E-state index in [-0.39, 0.29) is 0 Å². The van der Waals surface area contributed by atoms with Gasteiger partial charge in [-0.2, -0.15) is 10.2 Å². The van der Waals surface area contributed by atoms with Gasteiger partial charge >= 0.3 is 0 Å². The first kappa shape index (κ1) is 17.9. The number of likely N-dealkylation sites (N-methyl/N-ethyl adjacent to an activating group) is 1. The number of nitrogens with zero attached hydrogens (tertiary/aromatic N) is 3. The summed E-state index contributed by atoms with van der Waals surface area (Å²) in [4.78, 5) is 2.47. The molecule has 140 valence electrons. The zero-order valence-corrected chi connectivity index (χ0v) is 16.2. The molecule has 0 N–H and O–H groups in total. The number of aromatic nitrogens is 2. The van der Waals surface area contributed by atoms with Gasteiger partial charge in [-0.1, -0.05) is 24.3 Å². The maximum atomic E-state index is 5.58. The molecule has 2 aromatic carbocycles. The summed E-state index contributed by atoms with van der Waals surface area (Å²) in [6.07, 6.45) is 8.36. The summed E-state index contributed by atoms with van der Waals surface area (Å²) in [5.74, 6) is 1.65. The van der Waals surface area contributed by atoms with E-state index in [4.69, 9.17) is 4.74 Å². The molecular weight excluding hydrogens is 334 g/mol. The van der Waals surface area contributed by atoms with E-state index in [0.717, 1.165) is 37.1 Å². The largest absolute Gasteiger partial charge is 0.496 e. The first-order valence-corrected chi connectivity index (χ1v) is 9.78. The number of benzene rings is 2. The van der Waals surface area contributed by atoms with Crippen LogP contribution in [0, 0.1) is 0 Å². The van der Waals surface area contributed by atoms with Crippen LogP contribution in [0.1, 0.15) is 35.4 Å². The summed E-state index contributed by atoms with van der Waals surface area (Å²) in [6, 6.07) is 13.1. The molecule has 1 heterocycles. The predicted octanol–water partition coefficient (Wildman–Crippen LogP) is 4.23. The molecule has 1 aliphatic rings. The molecule has 4 rings (SSSR count). The molecule has 1 atom stereocenters. The molecule has 0 saturated heterocycles. The topological polar surface area (TPSA) is 38.2 Å². The molecule has 0 fully saturated rings. The van der Waals surface area contributed by atoms with Crippen LogP contribution in [0.3, 0.4) is 0 Å². The standard InChI is InChI=1S/C23H27N3O/c1-26(12-11-17-9-10-18-14-24-25-15-20(18)13-17)16-19-5-3-7-22-21(19)6-4-8-23(22)27-2/h4,6,8-10,13-15,19H,3,5,7,11-12,16H2,1-2H3. The molecule has 4 nitrogen and oxygen atoms in total. The fourth-order valence-electron chi connectivity index (χ4n) is 4.28. The molecular formula is C23H27N3O. The third kappa shape index (κ3) is 3.96. The Labute approximate surface area is 161 Å². The summed E-state index contributed by atoms with van der Waals surface area (Å²) < 4.78 is 5.58.